The lowest BCUT2D eigenvalue weighted by atomic mass is 10.1. The molecule has 1 amide bonds. The number of carbonyl (C=O) groups excluding carboxylic acids is 1. The minimum atomic E-state index is -0.476. The van der Waals surface area contributed by atoms with E-state index in [0.717, 1.165) is 12.8 Å². The van der Waals surface area contributed by atoms with Crippen molar-refractivity contribution in [2.24, 2.45) is 5.73 Å². The Morgan fingerprint density at radius 3 is 2.47 bits per heavy atom. The van der Waals surface area contributed by atoms with Gasteiger partial charge in [-0.05, 0) is 33.6 Å². The Morgan fingerprint density at radius 2 is 1.94 bits per heavy atom. The predicted molar refractivity (Wildman–Crippen MR) is 65.8 cm³/mol. The molecule has 2 N–H and O–H groups in total. The minimum absolute atomic E-state index is 0.00247. The monoisotopic (exact) mass is 244 g/mol. The average Bonchev–Trinajstić information content (AvgIpc) is 2.37. The van der Waals surface area contributed by atoms with Crippen molar-refractivity contribution in [3.63, 3.8) is 0 Å². The number of ether oxygens (including phenoxy) is 2. The number of nitrogens with zero attached hydrogens (tertiary/aromatic N) is 1. The zero-order valence-electron chi connectivity index (χ0n) is 11.2. The molecule has 0 aromatic heterocycles. The summed E-state index contributed by atoms with van der Waals surface area (Å²) < 4.78 is 10.7. The van der Waals surface area contributed by atoms with Crippen molar-refractivity contribution < 1.29 is 14.3 Å². The van der Waals surface area contributed by atoms with Crippen LogP contribution in [-0.4, -0.2) is 48.9 Å². The maximum absolute atomic E-state index is 12.0. The summed E-state index contributed by atoms with van der Waals surface area (Å²) >= 11 is 0. The lowest BCUT2D eigenvalue weighted by Gasteiger charge is -2.28. The Morgan fingerprint density at radius 1 is 1.29 bits per heavy atom. The lowest BCUT2D eigenvalue weighted by molar-refractivity contribution is 0.0112. The molecule has 17 heavy (non-hydrogen) atoms. The van der Waals surface area contributed by atoms with Gasteiger partial charge in [-0.25, -0.2) is 4.79 Å². The molecule has 5 heteroatoms. The summed E-state index contributed by atoms with van der Waals surface area (Å²) in [5, 5.41) is 0. The molecule has 0 aliphatic carbocycles. The first-order valence-corrected chi connectivity index (χ1v) is 6.08. The molecular formula is C12H24N2O3. The molecule has 1 rings (SSSR count). The topological polar surface area (TPSA) is 64.8 Å². The molecule has 1 saturated heterocycles. The maximum Gasteiger partial charge on any atom is 0.410 e. The van der Waals surface area contributed by atoms with E-state index in [0.29, 0.717) is 13.1 Å². The minimum Gasteiger partial charge on any atom is -0.444 e. The fourth-order valence-corrected chi connectivity index (χ4v) is 1.85. The molecule has 1 heterocycles. The van der Waals surface area contributed by atoms with Crippen LogP contribution in [0.3, 0.4) is 0 Å². The summed E-state index contributed by atoms with van der Waals surface area (Å²) in [5.41, 5.74) is 5.46. The van der Waals surface area contributed by atoms with Gasteiger partial charge in [-0.3, -0.25) is 0 Å². The van der Waals surface area contributed by atoms with Crippen LogP contribution in [0.2, 0.25) is 0 Å². The molecule has 0 unspecified atom stereocenters. The van der Waals surface area contributed by atoms with Gasteiger partial charge in [0.25, 0.3) is 0 Å². The van der Waals surface area contributed by atoms with E-state index < -0.39 is 5.60 Å². The first-order chi connectivity index (χ1) is 7.81. The van der Waals surface area contributed by atoms with E-state index in [-0.39, 0.29) is 18.2 Å². The Balaban J connectivity index is 2.63. The number of amides is 1. The highest BCUT2D eigenvalue weighted by Gasteiger charge is 2.28. The molecule has 2 atom stereocenters. The van der Waals surface area contributed by atoms with Crippen LogP contribution in [0, 0.1) is 0 Å². The van der Waals surface area contributed by atoms with Crippen LogP contribution in [0.1, 0.15) is 33.6 Å². The van der Waals surface area contributed by atoms with Gasteiger partial charge in [0, 0.05) is 19.7 Å². The molecule has 1 aliphatic heterocycles. The number of nitrogens with two attached hydrogens (primary N) is 1. The fraction of sp³-hybridized carbons (Fsp3) is 0.917. The van der Waals surface area contributed by atoms with Gasteiger partial charge in [0.15, 0.2) is 0 Å². The van der Waals surface area contributed by atoms with Gasteiger partial charge in [-0.1, -0.05) is 0 Å². The van der Waals surface area contributed by atoms with Gasteiger partial charge in [-0.2, -0.15) is 0 Å². The van der Waals surface area contributed by atoms with Crippen LogP contribution in [0.15, 0.2) is 0 Å². The highest BCUT2D eigenvalue weighted by Crippen LogP contribution is 2.16. The van der Waals surface area contributed by atoms with E-state index in [1.54, 1.807) is 12.0 Å². The van der Waals surface area contributed by atoms with Crippen molar-refractivity contribution in [1.29, 1.82) is 0 Å². The van der Waals surface area contributed by atoms with Crippen molar-refractivity contribution in [2.45, 2.75) is 51.4 Å². The van der Waals surface area contributed by atoms with E-state index in [1.165, 1.54) is 0 Å². The molecule has 0 aromatic carbocycles. The van der Waals surface area contributed by atoms with Gasteiger partial charge in [0.05, 0.1) is 12.6 Å². The molecule has 0 spiro atoms. The molecule has 1 fully saturated rings. The van der Waals surface area contributed by atoms with Crippen LogP contribution in [0.5, 0.6) is 0 Å². The summed E-state index contributed by atoms with van der Waals surface area (Å²) in [6.45, 7) is 6.66. The normalized spacial score (nSPS) is 26.5. The van der Waals surface area contributed by atoms with Gasteiger partial charge < -0.3 is 20.1 Å². The Kier molecular flexibility index (Phi) is 4.77. The van der Waals surface area contributed by atoms with Crippen molar-refractivity contribution >= 4 is 6.09 Å². The van der Waals surface area contributed by atoms with Crippen molar-refractivity contribution in [3.8, 4) is 0 Å². The van der Waals surface area contributed by atoms with E-state index in [1.807, 2.05) is 20.8 Å². The first kappa shape index (κ1) is 14.3. The molecular weight excluding hydrogens is 220 g/mol. The Labute approximate surface area is 103 Å². The SMILES string of the molecule is CO[C@@H]1CC[C@@H](N)CN(C(=O)OC(C)(C)C)C1. The van der Waals surface area contributed by atoms with Crippen molar-refractivity contribution in [2.75, 3.05) is 20.2 Å². The quantitative estimate of drug-likeness (QED) is 0.756. The van der Waals surface area contributed by atoms with E-state index in [9.17, 15) is 4.79 Å². The summed E-state index contributed by atoms with van der Waals surface area (Å²) in [4.78, 5) is 13.6. The largest absolute Gasteiger partial charge is 0.444 e. The third-order valence-corrected chi connectivity index (χ3v) is 2.72. The molecule has 0 saturated carbocycles. The third kappa shape index (κ3) is 4.91. The van der Waals surface area contributed by atoms with Gasteiger partial charge >= 0.3 is 6.09 Å². The van der Waals surface area contributed by atoms with Crippen LogP contribution in [0.25, 0.3) is 0 Å². The average molecular weight is 244 g/mol. The zero-order valence-corrected chi connectivity index (χ0v) is 11.2. The zero-order chi connectivity index (χ0) is 13.1. The Bertz CT molecular complexity index is 263. The van der Waals surface area contributed by atoms with E-state index >= 15 is 0 Å². The summed E-state index contributed by atoms with van der Waals surface area (Å²) in [6.07, 6.45) is 1.50. The molecule has 1 aliphatic rings. The van der Waals surface area contributed by atoms with Gasteiger partial charge in [0.1, 0.15) is 5.60 Å². The molecule has 100 valence electrons. The highest BCUT2D eigenvalue weighted by atomic mass is 16.6. The van der Waals surface area contributed by atoms with Crippen LogP contribution in [-0.2, 0) is 9.47 Å². The number of hydrogen-bond donors (Lipinski definition) is 1. The third-order valence-electron chi connectivity index (χ3n) is 2.72. The molecule has 0 bridgehead atoms. The van der Waals surface area contributed by atoms with Crippen LogP contribution < -0.4 is 5.73 Å². The number of likely N-dealkylation sites (tertiary alicyclic amines) is 1. The molecule has 0 radical (unpaired) electrons. The number of hydrogen-bond acceptors (Lipinski definition) is 4. The lowest BCUT2D eigenvalue weighted by Crippen LogP contribution is -2.44. The van der Waals surface area contributed by atoms with E-state index in [4.69, 9.17) is 15.2 Å². The van der Waals surface area contributed by atoms with Crippen LogP contribution >= 0.6 is 0 Å². The van der Waals surface area contributed by atoms with Crippen molar-refractivity contribution in [1.82, 2.24) is 4.90 Å². The summed E-state index contributed by atoms with van der Waals surface area (Å²) in [7, 11) is 1.66. The predicted octanol–water partition coefficient (Wildman–Crippen LogP) is 1.36. The number of methoxy groups -OCH3 is 1. The summed E-state index contributed by atoms with van der Waals surface area (Å²) in [6, 6.07) is 0.00247. The fourth-order valence-electron chi connectivity index (χ4n) is 1.85. The van der Waals surface area contributed by atoms with Gasteiger partial charge in [0.2, 0.25) is 0 Å². The molecule has 5 nitrogen and oxygen atoms in total. The maximum atomic E-state index is 12.0. The Hall–Kier alpha value is -0.810. The second kappa shape index (κ2) is 5.69. The van der Waals surface area contributed by atoms with Gasteiger partial charge in [-0.15, -0.1) is 0 Å². The second-order valence-corrected chi connectivity index (χ2v) is 5.58. The second-order valence-electron chi connectivity index (χ2n) is 5.58. The number of rotatable bonds is 1. The smallest absolute Gasteiger partial charge is 0.410 e. The highest BCUT2D eigenvalue weighted by molar-refractivity contribution is 5.68. The standard InChI is InChI=1S/C12H24N2O3/c1-12(2,3)17-11(15)14-7-9(13)5-6-10(8-14)16-4/h9-10H,5-8,13H2,1-4H3/t9-,10-/m1/s1. The first-order valence-electron chi connectivity index (χ1n) is 6.08. The van der Waals surface area contributed by atoms with Crippen LogP contribution in [0.4, 0.5) is 4.79 Å². The van der Waals surface area contributed by atoms with E-state index in [2.05, 4.69) is 0 Å². The van der Waals surface area contributed by atoms with Crippen molar-refractivity contribution in [3.05, 3.63) is 0 Å². The summed E-state index contributed by atoms with van der Waals surface area (Å²) in [5.74, 6) is 0. The number of carbonyl (C=O) groups is 1. The molecule has 0 aromatic rings.